The van der Waals surface area contributed by atoms with Crippen LogP contribution >= 0.6 is 15.9 Å². The molecule has 0 unspecified atom stereocenters. The molecule has 0 atom stereocenters. The summed E-state index contributed by atoms with van der Waals surface area (Å²) in [4.78, 5) is 13.6. The predicted octanol–water partition coefficient (Wildman–Crippen LogP) is 5.35. The van der Waals surface area contributed by atoms with Crippen LogP contribution in [0.3, 0.4) is 0 Å². The van der Waals surface area contributed by atoms with E-state index in [0.717, 1.165) is 17.7 Å². The van der Waals surface area contributed by atoms with Gasteiger partial charge >= 0.3 is 6.18 Å². The number of carbonyl (C=O) groups is 1. The Morgan fingerprint density at radius 1 is 1.03 bits per heavy atom. The Bertz CT molecular complexity index is 1120. The zero-order valence-corrected chi connectivity index (χ0v) is 20.9. The second-order valence-electron chi connectivity index (χ2n) is 9.15. The van der Waals surface area contributed by atoms with Gasteiger partial charge in [-0.25, -0.2) is 13.1 Å². The van der Waals surface area contributed by atoms with E-state index in [1.807, 2.05) is 12.1 Å². The number of halogens is 4. The van der Waals surface area contributed by atoms with Crippen molar-refractivity contribution in [2.75, 3.05) is 13.1 Å². The number of carbonyl (C=O) groups excluding carboxylic acids is 1. The lowest BCUT2D eigenvalue weighted by Crippen LogP contribution is -2.46. The minimum Gasteiger partial charge on any atom is -0.339 e. The predicted molar refractivity (Wildman–Crippen MR) is 124 cm³/mol. The van der Waals surface area contributed by atoms with Gasteiger partial charge < -0.3 is 4.90 Å². The van der Waals surface area contributed by atoms with Gasteiger partial charge in [-0.3, -0.25) is 4.79 Å². The van der Waals surface area contributed by atoms with Crippen LogP contribution in [-0.4, -0.2) is 38.4 Å². The Kier molecular flexibility index (Phi) is 7.31. The minimum atomic E-state index is -4.81. The molecular weight excluding hydrogens is 521 g/mol. The van der Waals surface area contributed by atoms with E-state index in [-0.39, 0.29) is 15.8 Å². The average molecular weight is 547 g/mol. The fraction of sp³-hybridized carbons (Fsp3) is 0.435. The molecule has 0 aliphatic carbocycles. The van der Waals surface area contributed by atoms with Crippen molar-refractivity contribution in [1.29, 1.82) is 0 Å². The topological polar surface area (TPSA) is 66.5 Å². The zero-order valence-electron chi connectivity index (χ0n) is 18.5. The highest BCUT2D eigenvalue weighted by molar-refractivity contribution is 9.10. The molecule has 1 fully saturated rings. The molecule has 180 valence electrons. The van der Waals surface area contributed by atoms with Gasteiger partial charge in [-0.15, -0.1) is 0 Å². The van der Waals surface area contributed by atoms with Gasteiger partial charge in [-0.1, -0.05) is 48.8 Å². The fourth-order valence-electron chi connectivity index (χ4n) is 3.74. The largest absolute Gasteiger partial charge is 0.417 e. The molecule has 3 rings (SSSR count). The Labute approximate surface area is 200 Å². The molecule has 10 heteroatoms. The van der Waals surface area contributed by atoms with E-state index in [9.17, 15) is 26.4 Å². The van der Waals surface area contributed by atoms with Gasteiger partial charge in [0.2, 0.25) is 10.0 Å². The Hall–Kier alpha value is -1.91. The Morgan fingerprint density at radius 3 is 2.12 bits per heavy atom. The summed E-state index contributed by atoms with van der Waals surface area (Å²) in [5.41, 5.74) is 0.401. The quantitative estimate of drug-likeness (QED) is 0.562. The van der Waals surface area contributed by atoms with Crippen LogP contribution < -0.4 is 4.72 Å². The number of benzene rings is 2. The number of nitrogens with zero attached hydrogens (tertiary/aromatic N) is 1. The number of alkyl halides is 3. The monoisotopic (exact) mass is 546 g/mol. The van der Waals surface area contributed by atoms with Crippen molar-refractivity contribution in [2.45, 2.75) is 56.1 Å². The van der Waals surface area contributed by atoms with Gasteiger partial charge in [0.1, 0.15) is 0 Å². The van der Waals surface area contributed by atoms with Crippen molar-refractivity contribution in [2.24, 2.45) is 0 Å². The van der Waals surface area contributed by atoms with Gasteiger partial charge in [0.25, 0.3) is 5.91 Å². The van der Waals surface area contributed by atoms with Crippen molar-refractivity contribution >= 4 is 31.9 Å². The lowest BCUT2D eigenvalue weighted by molar-refractivity contribution is -0.139. The highest BCUT2D eigenvalue weighted by atomic mass is 79.9. The van der Waals surface area contributed by atoms with Gasteiger partial charge in [0.15, 0.2) is 0 Å². The van der Waals surface area contributed by atoms with Gasteiger partial charge in [-0.2, -0.15) is 13.2 Å². The number of nitrogens with one attached hydrogen (secondary N) is 1. The van der Waals surface area contributed by atoms with E-state index in [4.69, 9.17) is 0 Å². The number of piperidine rings is 1. The van der Waals surface area contributed by atoms with Crippen LogP contribution in [0.1, 0.15) is 55.1 Å². The van der Waals surface area contributed by atoms with E-state index in [1.54, 1.807) is 17.0 Å². The molecule has 1 N–H and O–H groups in total. The van der Waals surface area contributed by atoms with Crippen LogP contribution in [0.25, 0.3) is 0 Å². The second-order valence-corrected chi connectivity index (χ2v) is 11.8. The molecule has 0 spiro atoms. The highest BCUT2D eigenvalue weighted by Gasteiger charge is 2.38. The van der Waals surface area contributed by atoms with Gasteiger partial charge in [0.05, 0.1) is 10.5 Å². The Balaban J connectivity index is 1.66. The summed E-state index contributed by atoms with van der Waals surface area (Å²) in [6, 6.07) is 9.79. The van der Waals surface area contributed by atoms with E-state index >= 15 is 0 Å². The lowest BCUT2D eigenvalue weighted by atomic mass is 9.86. The van der Waals surface area contributed by atoms with E-state index < -0.39 is 32.7 Å². The molecule has 2 aromatic carbocycles. The first-order valence-electron chi connectivity index (χ1n) is 10.5. The summed E-state index contributed by atoms with van der Waals surface area (Å²) in [6.45, 7) is 6.86. The lowest BCUT2D eigenvalue weighted by Gasteiger charge is -2.32. The SMILES string of the molecule is CC(C)(C)c1ccc(C(=O)N2CCC(NS(=O)(=O)c3ccc(Br)cc3C(F)(F)F)CC2)cc1. The number of likely N-dealkylation sites (tertiary alicyclic amines) is 1. The molecule has 0 saturated carbocycles. The number of amides is 1. The van der Waals surface area contributed by atoms with Crippen molar-refractivity contribution in [1.82, 2.24) is 9.62 Å². The molecule has 2 aromatic rings. The first-order valence-corrected chi connectivity index (χ1v) is 12.7. The summed E-state index contributed by atoms with van der Waals surface area (Å²) in [6.07, 6.45) is -4.20. The molecule has 33 heavy (non-hydrogen) atoms. The van der Waals surface area contributed by atoms with Crippen LogP contribution in [-0.2, 0) is 21.6 Å². The van der Waals surface area contributed by atoms with Crippen molar-refractivity contribution in [3.63, 3.8) is 0 Å². The van der Waals surface area contributed by atoms with Crippen molar-refractivity contribution in [3.8, 4) is 0 Å². The van der Waals surface area contributed by atoms with Crippen molar-refractivity contribution < 1.29 is 26.4 Å². The molecule has 5 nitrogen and oxygen atoms in total. The first-order chi connectivity index (χ1) is 15.2. The maximum absolute atomic E-state index is 13.4. The molecule has 0 radical (unpaired) electrons. The molecule has 1 amide bonds. The summed E-state index contributed by atoms with van der Waals surface area (Å²) in [5, 5.41) is 0. The van der Waals surface area contributed by atoms with E-state index in [0.29, 0.717) is 31.5 Å². The molecule has 0 aromatic heterocycles. The maximum Gasteiger partial charge on any atom is 0.417 e. The summed E-state index contributed by atoms with van der Waals surface area (Å²) in [5.74, 6) is -0.149. The minimum absolute atomic E-state index is 0.0299. The fourth-order valence-corrected chi connectivity index (χ4v) is 5.61. The summed E-state index contributed by atoms with van der Waals surface area (Å²) < 4.78 is 68.1. The molecule has 0 bridgehead atoms. The smallest absolute Gasteiger partial charge is 0.339 e. The third-order valence-corrected chi connectivity index (χ3v) is 7.71. The van der Waals surface area contributed by atoms with Gasteiger partial charge in [0, 0.05) is 29.2 Å². The number of hydrogen-bond acceptors (Lipinski definition) is 3. The second kappa shape index (κ2) is 9.38. The zero-order chi connectivity index (χ0) is 24.6. The van der Waals surface area contributed by atoms with E-state index in [1.165, 1.54) is 6.07 Å². The van der Waals surface area contributed by atoms with Crippen molar-refractivity contribution in [3.05, 3.63) is 63.6 Å². The van der Waals surface area contributed by atoms with Crippen LogP contribution in [0.4, 0.5) is 13.2 Å². The standard InChI is InChI=1S/C23H26BrF3N2O3S/c1-22(2,3)16-6-4-15(5-7-16)21(30)29-12-10-18(11-13-29)28-33(31,32)20-9-8-17(24)14-19(20)23(25,26)27/h4-9,14,18,28H,10-13H2,1-3H3. The highest BCUT2D eigenvalue weighted by Crippen LogP contribution is 2.36. The summed E-state index contributed by atoms with van der Waals surface area (Å²) >= 11 is 2.95. The number of sulfonamides is 1. The van der Waals surface area contributed by atoms with Crippen LogP contribution in [0.5, 0.6) is 0 Å². The molecule has 1 aliphatic heterocycles. The maximum atomic E-state index is 13.4. The molecule has 1 aliphatic rings. The number of rotatable bonds is 4. The van der Waals surface area contributed by atoms with Gasteiger partial charge in [-0.05, 0) is 54.2 Å². The number of hydrogen-bond donors (Lipinski definition) is 1. The van der Waals surface area contributed by atoms with Crippen LogP contribution in [0.2, 0.25) is 0 Å². The Morgan fingerprint density at radius 2 is 1.61 bits per heavy atom. The molecular formula is C23H26BrF3N2O3S. The molecule has 1 heterocycles. The summed E-state index contributed by atoms with van der Waals surface area (Å²) in [7, 11) is -4.39. The average Bonchev–Trinajstić information content (AvgIpc) is 2.72. The molecule has 1 saturated heterocycles. The third-order valence-electron chi connectivity index (χ3n) is 5.64. The van der Waals surface area contributed by atoms with Crippen LogP contribution in [0, 0.1) is 0 Å². The third kappa shape index (κ3) is 6.16. The normalized spacial score (nSPS) is 16.2. The van der Waals surface area contributed by atoms with Crippen LogP contribution in [0.15, 0.2) is 51.8 Å². The van der Waals surface area contributed by atoms with E-state index in [2.05, 4.69) is 41.4 Å². The first kappa shape index (κ1) is 25.7.